The summed E-state index contributed by atoms with van der Waals surface area (Å²) >= 11 is 0. The highest BCUT2D eigenvalue weighted by molar-refractivity contribution is 5.94. The van der Waals surface area contributed by atoms with E-state index in [4.69, 9.17) is 0 Å². The SMILES string of the molecule is Cc1nccc([C@@H]2CCCN(C(=O)c3n[nH]c4c3CCC4)C2)n1. The van der Waals surface area contributed by atoms with Gasteiger partial charge in [0.1, 0.15) is 5.82 Å². The first kappa shape index (κ1) is 14.4. The molecule has 1 fully saturated rings. The number of fused-ring (bicyclic) bond motifs is 1. The van der Waals surface area contributed by atoms with E-state index in [1.807, 2.05) is 17.9 Å². The van der Waals surface area contributed by atoms with Crippen molar-refractivity contribution < 1.29 is 4.79 Å². The highest BCUT2D eigenvalue weighted by Crippen LogP contribution is 2.28. The van der Waals surface area contributed by atoms with Crippen molar-refractivity contribution in [1.29, 1.82) is 0 Å². The van der Waals surface area contributed by atoms with Crippen LogP contribution in [0, 0.1) is 6.92 Å². The van der Waals surface area contributed by atoms with Crippen LogP contribution in [0.3, 0.4) is 0 Å². The molecule has 120 valence electrons. The van der Waals surface area contributed by atoms with Crippen LogP contribution in [-0.2, 0) is 12.8 Å². The standard InChI is InChI=1S/C17H21N5O/c1-11-18-8-7-14(19-11)12-4-3-9-22(10-12)17(23)16-13-5-2-6-15(13)20-21-16/h7-8,12H,2-6,9-10H2,1H3,(H,20,21)/t12-/m1/s1. The minimum absolute atomic E-state index is 0.0693. The van der Waals surface area contributed by atoms with Crippen molar-refractivity contribution in [3.8, 4) is 0 Å². The molecule has 0 spiro atoms. The van der Waals surface area contributed by atoms with E-state index in [2.05, 4.69) is 20.2 Å². The van der Waals surface area contributed by atoms with Gasteiger partial charge >= 0.3 is 0 Å². The number of carbonyl (C=O) groups is 1. The maximum absolute atomic E-state index is 12.9. The highest BCUT2D eigenvalue weighted by Gasteiger charge is 2.30. The Morgan fingerprint density at radius 3 is 3.13 bits per heavy atom. The molecule has 1 aliphatic carbocycles. The van der Waals surface area contributed by atoms with Gasteiger partial charge in [-0.15, -0.1) is 0 Å². The van der Waals surface area contributed by atoms with Crippen LogP contribution in [0.5, 0.6) is 0 Å². The molecule has 2 aromatic rings. The van der Waals surface area contributed by atoms with Crippen LogP contribution < -0.4 is 0 Å². The molecule has 4 rings (SSSR count). The van der Waals surface area contributed by atoms with Gasteiger partial charge in [0.15, 0.2) is 5.69 Å². The number of amides is 1. The molecule has 6 nitrogen and oxygen atoms in total. The molecule has 1 atom stereocenters. The second kappa shape index (κ2) is 5.76. The van der Waals surface area contributed by atoms with E-state index in [1.54, 1.807) is 6.20 Å². The van der Waals surface area contributed by atoms with E-state index < -0.39 is 0 Å². The Kier molecular flexibility index (Phi) is 3.59. The molecule has 2 aliphatic rings. The van der Waals surface area contributed by atoms with Gasteiger partial charge in [0, 0.05) is 42.2 Å². The number of nitrogens with one attached hydrogen (secondary N) is 1. The van der Waals surface area contributed by atoms with E-state index in [1.165, 1.54) is 0 Å². The van der Waals surface area contributed by atoms with Crippen LogP contribution in [-0.4, -0.2) is 44.1 Å². The van der Waals surface area contributed by atoms with Gasteiger partial charge in [0.25, 0.3) is 5.91 Å². The molecule has 23 heavy (non-hydrogen) atoms. The summed E-state index contributed by atoms with van der Waals surface area (Å²) in [5.41, 5.74) is 3.96. The number of hydrogen-bond acceptors (Lipinski definition) is 4. The summed E-state index contributed by atoms with van der Waals surface area (Å²) in [6, 6.07) is 1.97. The topological polar surface area (TPSA) is 74.8 Å². The van der Waals surface area contributed by atoms with Gasteiger partial charge in [-0.05, 0) is 45.1 Å². The zero-order valence-electron chi connectivity index (χ0n) is 13.4. The lowest BCUT2D eigenvalue weighted by Gasteiger charge is -2.32. The minimum atomic E-state index is 0.0693. The number of aromatic amines is 1. The van der Waals surface area contributed by atoms with Crippen LogP contribution in [0.25, 0.3) is 0 Å². The van der Waals surface area contributed by atoms with Crippen molar-refractivity contribution in [2.75, 3.05) is 13.1 Å². The second-order valence-corrected chi connectivity index (χ2v) is 6.50. The number of carbonyl (C=O) groups excluding carboxylic acids is 1. The summed E-state index contributed by atoms with van der Waals surface area (Å²) in [6.07, 6.45) is 6.98. The molecule has 1 saturated heterocycles. The minimum Gasteiger partial charge on any atom is -0.337 e. The van der Waals surface area contributed by atoms with E-state index in [0.29, 0.717) is 11.6 Å². The van der Waals surface area contributed by atoms with Crippen LogP contribution in [0.4, 0.5) is 0 Å². The number of aryl methyl sites for hydroxylation is 2. The monoisotopic (exact) mass is 311 g/mol. The van der Waals surface area contributed by atoms with Crippen molar-refractivity contribution in [2.24, 2.45) is 0 Å². The Morgan fingerprint density at radius 1 is 1.35 bits per heavy atom. The lowest BCUT2D eigenvalue weighted by molar-refractivity contribution is 0.0698. The van der Waals surface area contributed by atoms with Crippen molar-refractivity contribution >= 4 is 5.91 Å². The molecule has 1 N–H and O–H groups in total. The maximum atomic E-state index is 12.9. The fourth-order valence-electron chi connectivity index (χ4n) is 3.75. The average Bonchev–Trinajstić information content (AvgIpc) is 3.18. The molecule has 1 aliphatic heterocycles. The van der Waals surface area contributed by atoms with Crippen molar-refractivity contribution in [2.45, 2.75) is 44.9 Å². The fourth-order valence-corrected chi connectivity index (χ4v) is 3.75. The molecule has 1 amide bonds. The van der Waals surface area contributed by atoms with E-state index in [0.717, 1.165) is 68.0 Å². The van der Waals surface area contributed by atoms with Gasteiger partial charge in [0.05, 0.1) is 0 Å². The highest BCUT2D eigenvalue weighted by atomic mass is 16.2. The van der Waals surface area contributed by atoms with Crippen molar-refractivity contribution in [3.05, 3.63) is 40.7 Å². The Balaban J connectivity index is 1.54. The maximum Gasteiger partial charge on any atom is 0.274 e. The molecular formula is C17H21N5O. The lowest BCUT2D eigenvalue weighted by atomic mass is 9.94. The van der Waals surface area contributed by atoms with Crippen LogP contribution >= 0.6 is 0 Å². The largest absolute Gasteiger partial charge is 0.337 e. The first-order valence-electron chi connectivity index (χ1n) is 8.37. The molecule has 0 aromatic carbocycles. The van der Waals surface area contributed by atoms with Gasteiger partial charge in [-0.25, -0.2) is 9.97 Å². The third-order valence-electron chi connectivity index (χ3n) is 4.93. The number of piperidine rings is 1. The van der Waals surface area contributed by atoms with Crippen molar-refractivity contribution in [1.82, 2.24) is 25.1 Å². The van der Waals surface area contributed by atoms with E-state index >= 15 is 0 Å². The zero-order valence-corrected chi connectivity index (χ0v) is 13.4. The van der Waals surface area contributed by atoms with E-state index in [9.17, 15) is 4.79 Å². The lowest BCUT2D eigenvalue weighted by Crippen LogP contribution is -2.39. The van der Waals surface area contributed by atoms with E-state index in [-0.39, 0.29) is 5.91 Å². The van der Waals surface area contributed by atoms with Crippen LogP contribution in [0.2, 0.25) is 0 Å². The summed E-state index contributed by atoms with van der Waals surface area (Å²) < 4.78 is 0. The number of rotatable bonds is 2. The first-order chi connectivity index (χ1) is 11.2. The third kappa shape index (κ3) is 2.62. The number of aromatic nitrogens is 4. The summed E-state index contributed by atoms with van der Waals surface area (Å²) in [5, 5.41) is 7.32. The number of H-pyrrole nitrogens is 1. The van der Waals surface area contributed by atoms with Gasteiger partial charge in [-0.3, -0.25) is 9.89 Å². The quantitative estimate of drug-likeness (QED) is 0.920. The normalized spacial score (nSPS) is 20.6. The van der Waals surface area contributed by atoms with Crippen LogP contribution in [0.1, 0.15) is 58.4 Å². The number of likely N-dealkylation sites (tertiary alicyclic amines) is 1. The number of nitrogens with zero attached hydrogens (tertiary/aromatic N) is 4. The molecule has 2 aromatic heterocycles. The Hall–Kier alpha value is -2.24. The average molecular weight is 311 g/mol. The second-order valence-electron chi connectivity index (χ2n) is 6.50. The Labute approximate surface area is 135 Å². The van der Waals surface area contributed by atoms with Gasteiger partial charge in [-0.2, -0.15) is 5.10 Å². The van der Waals surface area contributed by atoms with Crippen molar-refractivity contribution in [3.63, 3.8) is 0 Å². The Bertz CT molecular complexity index is 738. The molecule has 3 heterocycles. The van der Waals surface area contributed by atoms with Gasteiger partial charge in [0.2, 0.25) is 0 Å². The molecule has 6 heteroatoms. The molecule has 0 unspecified atom stereocenters. The number of hydrogen-bond donors (Lipinski definition) is 1. The molecule has 0 saturated carbocycles. The zero-order chi connectivity index (χ0) is 15.8. The Morgan fingerprint density at radius 2 is 2.26 bits per heavy atom. The molecular weight excluding hydrogens is 290 g/mol. The summed E-state index contributed by atoms with van der Waals surface area (Å²) in [7, 11) is 0. The summed E-state index contributed by atoms with van der Waals surface area (Å²) in [6.45, 7) is 3.43. The third-order valence-corrected chi connectivity index (χ3v) is 4.93. The predicted octanol–water partition coefficient (Wildman–Crippen LogP) is 2.02. The van der Waals surface area contributed by atoms with Gasteiger partial charge < -0.3 is 4.90 Å². The summed E-state index contributed by atoms with van der Waals surface area (Å²) in [5.74, 6) is 1.15. The molecule has 0 bridgehead atoms. The van der Waals surface area contributed by atoms with Gasteiger partial charge in [-0.1, -0.05) is 0 Å². The molecule has 0 radical (unpaired) electrons. The fraction of sp³-hybridized carbons (Fsp3) is 0.529. The first-order valence-corrected chi connectivity index (χ1v) is 8.37. The summed E-state index contributed by atoms with van der Waals surface area (Å²) in [4.78, 5) is 23.5. The smallest absolute Gasteiger partial charge is 0.274 e. The van der Waals surface area contributed by atoms with Crippen LogP contribution in [0.15, 0.2) is 12.3 Å². The predicted molar refractivity (Wildman–Crippen MR) is 85.3 cm³/mol.